The Hall–Kier alpha value is -0.520. The molecule has 1 unspecified atom stereocenters. The summed E-state index contributed by atoms with van der Waals surface area (Å²) in [6.45, 7) is 4.93. The fourth-order valence-corrected chi connectivity index (χ4v) is 2.15. The standard InChI is InChI=1S/C10H18N2O2S/c1-4-14-6-9(13)7-15-10-5-8(2)11-12(10)3/h5,9,13H,4,6-7H2,1-3H3. The van der Waals surface area contributed by atoms with Crippen molar-refractivity contribution >= 4 is 11.8 Å². The van der Waals surface area contributed by atoms with E-state index in [1.165, 1.54) is 0 Å². The third-order valence-electron chi connectivity index (χ3n) is 1.90. The Balaban J connectivity index is 2.33. The highest BCUT2D eigenvalue weighted by Crippen LogP contribution is 2.18. The minimum atomic E-state index is -0.412. The molecule has 0 saturated heterocycles. The number of aliphatic hydroxyl groups excluding tert-OH is 1. The molecule has 1 heterocycles. The number of ether oxygens (including phenoxy) is 1. The van der Waals surface area contributed by atoms with Gasteiger partial charge in [-0.25, -0.2) is 0 Å². The van der Waals surface area contributed by atoms with Gasteiger partial charge in [-0.3, -0.25) is 4.68 Å². The molecule has 0 aliphatic rings. The lowest BCUT2D eigenvalue weighted by Crippen LogP contribution is -2.18. The van der Waals surface area contributed by atoms with Crippen LogP contribution in [0.4, 0.5) is 0 Å². The molecule has 0 radical (unpaired) electrons. The molecule has 0 fully saturated rings. The van der Waals surface area contributed by atoms with Crippen LogP contribution in [0, 0.1) is 6.92 Å². The Morgan fingerprint density at radius 1 is 1.67 bits per heavy atom. The maximum absolute atomic E-state index is 9.56. The average molecular weight is 230 g/mol. The average Bonchev–Trinajstić information content (AvgIpc) is 2.51. The molecule has 4 nitrogen and oxygen atoms in total. The first kappa shape index (κ1) is 12.5. The number of hydrogen-bond acceptors (Lipinski definition) is 4. The lowest BCUT2D eigenvalue weighted by molar-refractivity contribution is 0.0551. The zero-order valence-electron chi connectivity index (χ0n) is 9.43. The summed E-state index contributed by atoms with van der Waals surface area (Å²) in [7, 11) is 1.91. The molecule has 0 saturated carbocycles. The van der Waals surface area contributed by atoms with Gasteiger partial charge in [0.15, 0.2) is 0 Å². The van der Waals surface area contributed by atoms with Gasteiger partial charge in [0.2, 0.25) is 0 Å². The quantitative estimate of drug-likeness (QED) is 0.746. The summed E-state index contributed by atoms with van der Waals surface area (Å²) in [6.07, 6.45) is -0.412. The zero-order chi connectivity index (χ0) is 11.3. The predicted octanol–water partition coefficient (Wildman–Crippen LogP) is 1.22. The van der Waals surface area contributed by atoms with Crippen LogP contribution in [0.15, 0.2) is 11.1 Å². The van der Waals surface area contributed by atoms with Crippen LogP contribution in [0.3, 0.4) is 0 Å². The van der Waals surface area contributed by atoms with E-state index in [1.54, 1.807) is 11.8 Å². The van der Waals surface area contributed by atoms with E-state index >= 15 is 0 Å². The molecular weight excluding hydrogens is 212 g/mol. The third-order valence-corrected chi connectivity index (χ3v) is 3.13. The van der Waals surface area contributed by atoms with Crippen molar-refractivity contribution in [2.75, 3.05) is 19.0 Å². The predicted molar refractivity (Wildman–Crippen MR) is 61.2 cm³/mol. The maximum atomic E-state index is 9.56. The fourth-order valence-electron chi connectivity index (χ4n) is 1.21. The van der Waals surface area contributed by atoms with Crippen molar-refractivity contribution in [1.82, 2.24) is 9.78 Å². The lowest BCUT2D eigenvalue weighted by atomic mass is 10.4. The number of thioether (sulfide) groups is 1. The first-order valence-electron chi connectivity index (χ1n) is 5.02. The minimum Gasteiger partial charge on any atom is -0.390 e. The van der Waals surface area contributed by atoms with Crippen LogP contribution >= 0.6 is 11.8 Å². The zero-order valence-corrected chi connectivity index (χ0v) is 10.3. The first-order chi connectivity index (χ1) is 7.13. The van der Waals surface area contributed by atoms with Gasteiger partial charge in [-0.2, -0.15) is 5.10 Å². The molecule has 1 rings (SSSR count). The van der Waals surface area contributed by atoms with Gasteiger partial charge in [0.05, 0.1) is 23.4 Å². The molecule has 1 aromatic heterocycles. The summed E-state index contributed by atoms with van der Waals surface area (Å²) in [5.41, 5.74) is 0.999. The first-order valence-corrected chi connectivity index (χ1v) is 6.01. The highest BCUT2D eigenvalue weighted by Gasteiger charge is 2.07. The molecule has 15 heavy (non-hydrogen) atoms. The number of aryl methyl sites for hydroxylation is 2. The summed E-state index contributed by atoms with van der Waals surface area (Å²) in [5.74, 6) is 0.638. The van der Waals surface area contributed by atoms with Crippen LogP contribution in [0.2, 0.25) is 0 Å². The summed E-state index contributed by atoms with van der Waals surface area (Å²) >= 11 is 1.60. The summed E-state index contributed by atoms with van der Waals surface area (Å²) in [4.78, 5) is 0. The topological polar surface area (TPSA) is 47.3 Å². The lowest BCUT2D eigenvalue weighted by Gasteiger charge is -2.09. The highest BCUT2D eigenvalue weighted by atomic mass is 32.2. The molecule has 0 aliphatic heterocycles. The van der Waals surface area contributed by atoms with E-state index in [9.17, 15) is 5.11 Å². The number of hydrogen-bond donors (Lipinski definition) is 1. The Labute approximate surface area is 94.6 Å². The van der Waals surface area contributed by atoms with Gasteiger partial charge in [0.25, 0.3) is 0 Å². The SMILES string of the molecule is CCOCC(O)CSc1cc(C)nn1C. The molecule has 1 atom stereocenters. The van der Waals surface area contributed by atoms with Crippen molar-refractivity contribution in [3.63, 3.8) is 0 Å². The number of aliphatic hydroxyl groups is 1. The van der Waals surface area contributed by atoms with E-state index in [1.807, 2.05) is 31.6 Å². The number of nitrogens with zero attached hydrogens (tertiary/aromatic N) is 2. The number of rotatable bonds is 6. The normalized spacial score (nSPS) is 13.1. The molecule has 0 amide bonds. The largest absolute Gasteiger partial charge is 0.390 e. The van der Waals surface area contributed by atoms with Gasteiger partial charge in [0, 0.05) is 19.4 Å². The van der Waals surface area contributed by atoms with E-state index < -0.39 is 6.10 Å². The van der Waals surface area contributed by atoms with Crippen molar-refractivity contribution < 1.29 is 9.84 Å². The van der Waals surface area contributed by atoms with Crippen molar-refractivity contribution in [3.05, 3.63) is 11.8 Å². The van der Waals surface area contributed by atoms with Crippen molar-refractivity contribution in [3.8, 4) is 0 Å². The molecule has 0 bridgehead atoms. The van der Waals surface area contributed by atoms with Gasteiger partial charge in [-0.05, 0) is 19.9 Å². The van der Waals surface area contributed by atoms with Crippen LogP contribution in [-0.2, 0) is 11.8 Å². The Kier molecular flexibility index (Phi) is 5.14. The van der Waals surface area contributed by atoms with E-state index in [2.05, 4.69) is 5.10 Å². The highest BCUT2D eigenvalue weighted by molar-refractivity contribution is 7.99. The number of aromatic nitrogens is 2. The van der Waals surface area contributed by atoms with Crippen molar-refractivity contribution in [2.45, 2.75) is 25.0 Å². The van der Waals surface area contributed by atoms with Crippen LogP contribution in [0.1, 0.15) is 12.6 Å². The Morgan fingerprint density at radius 3 is 2.93 bits per heavy atom. The maximum Gasteiger partial charge on any atom is 0.0940 e. The van der Waals surface area contributed by atoms with Gasteiger partial charge in [-0.15, -0.1) is 11.8 Å². The summed E-state index contributed by atoms with van der Waals surface area (Å²) in [5, 5.41) is 14.9. The Bertz CT molecular complexity index is 302. The van der Waals surface area contributed by atoms with Crippen LogP contribution in [0.5, 0.6) is 0 Å². The van der Waals surface area contributed by atoms with E-state index in [0.717, 1.165) is 10.7 Å². The molecule has 86 valence electrons. The molecule has 1 aromatic rings. The molecule has 5 heteroatoms. The third kappa shape index (κ3) is 4.24. The van der Waals surface area contributed by atoms with Gasteiger partial charge < -0.3 is 9.84 Å². The summed E-state index contributed by atoms with van der Waals surface area (Å²) in [6, 6.07) is 2.01. The monoisotopic (exact) mass is 230 g/mol. The van der Waals surface area contributed by atoms with Crippen molar-refractivity contribution in [1.29, 1.82) is 0 Å². The van der Waals surface area contributed by atoms with E-state index in [0.29, 0.717) is 19.0 Å². The van der Waals surface area contributed by atoms with E-state index in [-0.39, 0.29) is 0 Å². The van der Waals surface area contributed by atoms with Crippen LogP contribution in [0.25, 0.3) is 0 Å². The second-order valence-corrected chi connectivity index (χ2v) is 4.41. The second kappa shape index (κ2) is 6.15. The molecule has 0 aromatic carbocycles. The molecular formula is C10H18N2O2S. The van der Waals surface area contributed by atoms with Gasteiger partial charge in [-0.1, -0.05) is 0 Å². The second-order valence-electron chi connectivity index (χ2n) is 3.37. The van der Waals surface area contributed by atoms with E-state index in [4.69, 9.17) is 4.74 Å². The molecule has 1 N–H and O–H groups in total. The smallest absolute Gasteiger partial charge is 0.0940 e. The van der Waals surface area contributed by atoms with Gasteiger partial charge in [0.1, 0.15) is 0 Å². The fraction of sp³-hybridized carbons (Fsp3) is 0.700. The van der Waals surface area contributed by atoms with Crippen LogP contribution in [-0.4, -0.2) is 40.0 Å². The summed E-state index contributed by atoms with van der Waals surface area (Å²) < 4.78 is 6.96. The molecule has 0 spiro atoms. The van der Waals surface area contributed by atoms with Gasteiger partial charge >= 0.3 is 0 Å². The van der Waals surface area contributed by atoms with Crippen molar-refractivity contribution in [2.24, 2.45) is 7.05 Å². The minimum absolute atomic E-state index is 0.403. The van der Waals surface area contributed by atoms with Crippen LogP contribution < -0.4 is 0 Å². The molecule has 0 aliphatic carbocycles. The Morgan fingerprint density at radius 2 is 2.40 bits per heavy atom.